The number of ketones is 1. The summed E-state index contributed by atoms with van der Waals surface area (Å²) in [5.41, 5.74) is 0.774. The highest BCUT2D eigenvalue weighted by atomic mass is 35.5. The van der Waals surface area contributed by atoms with Gasteiger partial charge in [-0.15, -0.1) is 11.3 Å². The summed E-state index contributed by atoms with van der Waals surface area (Å²) in [5, 5.41) is 0.465. The third-order valence-corrected chi connectivity index (χ3v) is 8.14. The standard InChI is InChI=1S/C23H19ClN2O4S2/c1-14-4-10-17(11-5-14)32(29,30)20-12-18(21(27)15-6-8-16(24)9-7-15)26-22(28)19(13-25(2)3)31-23(20)26/h4-13H,1-3H3/b19-13-. The fourth-order valence-corrected chi connectivity index (χ4v) is 6.29. The van der Waals surface area contributed by atoms with Crippen LogP contribution in [0.5, 0.6) is 0 Å². The van der Waals surface area contributed by atoms with Gasteiger partial charge in [-0.1, -0.05) is 29.3 Å². The fraction of sp³-hybridized carbons (Fsp3) is 0.130. The lowest BCUT2D eigenvalue weighted by Gasteiger charge is -2.03. The van der Waals surface area contributed by atoms with Crippen molar-refractivity contribution in [2.45, 2.75) is 16.7 Å². The number of benzene rings is 2. The molecule has 0 radical (unpaired) electrons. The van der Waals surface area contributed by atoms with Crippen LogP contribution in [-0.2, 0) is 9.84 Å². The smallest absolute Gasteiger partial charge is 0.275 e. The molecule has 4 aromatic rings. The molecule has 32 heavy (non-hydrogen) atoms. The van der Waals surface area contributed by atoms with Gasteiger partial charge in [0.2, 0.25) is 15.6 Å². The van der Waals surface area contributed by atoms with Crippen LogP contribution in [0.4, 0.5) is 0 Å². The van der Waals surface area contributed by atoms with E-state index in [4.69, 9.17) is 11.6 Å². The van der Waals surface area contributed by atoms with Crippen LogP contribution in [0.25, 0.3) is 11.0 Å². The molecule has 0 N–H and O–H groups in total. The zero-order valence-electron chi connectivity index (χ0n) is 17.5. The van der Waals surface area contributed by atoms with Crippen LogP contribution in [0.3, 0.4) is 0 Å². The largest absolute Gasteiger partial charge is 0.382 e. The monoisotopic (exact) mass is 486 g/mol. The summed E-state index contributed by atoms with van der Waals surface area (Å²) in [7, 11) is -0.442. The molecule has 9 heteroatoms. The first-order chi connectivity index (χ1) is 15.1. The minimum absolute atomic E-state index is 0.00679. The molecule has 0 unspecified atom stereocenters. The van der Waals surface area contributed by atoms with Crippen molar-refractivity contribution in [2.75, 3.05) is 14.1 Å². The Balaban J connectivity index is 2.02. The van der Waals surface area contributed by atoms with E-state index in [2.05, 4.69) is 0 Å². The summed E-state index contributed by atoms with van der Waals surface area (Å²) >= 11 is 6.96. The van der Waals surface area contributed by atoms with E-state index < -0.39 is 21.2 Å². The van der Waals surface area contributed by atoms with Crippen LogP contribution >= 0.6 is 22.9 Å². The van der Waals surface area contributed by atoms with E-state index in [-0.39, 0.29) is 20.3 Å². The predicted octanol–water partition coefficient (Wildman–Crippen LogP) is 3.41. The average Bonchev–Trinajstić information content (AvgIpc) is 3.26. The second-order valence-electron chi connectivity index (χ2n) is 7.55. The Bertz CT molecular complexity index is 1550. The lowest BCUT2D eigenvalue weighted by atomic mass is 10.1. The summed E-state index contributed by atoms with van der Waals surface area (Å²) in [4.78, 5) is 28.3. The van der Waals surface area contributed by atoms with Crippen LogP contribution < -0.4 is 10.1 Å². The molecule has 0 bridgehead atoms. The third kappa shape index (κ3) is 3.85. The summed E-state index contributed by atoms with van der Waals surface area (Å²) < 4.78 is 28.4. The molecule has 2 heterocycles. The lowest BCUT2D eigenvalue weighted by molar-refractivity contribution is 0.103. The highest BCUT2D eigenvalue weighted by Crippen LogP contribution is 2.30. The second-order valence-corrected chi connectivity index (χ2v) is 10.9. The number of sulfone groups is 1. The number of hydrogen-bond acceptors (Lipinski definition) is 6. The molecule has 0 saturated heterocycles. The first-order valence-electron chi connectivity index (χ1n) is 9.58. The fourth-order valence-electron chi connectivity index (χ4n) is 3.29. The van der Waals surface area contributed by atoms with Crippen LogP contribution in [0.15, 0.2) is 69.2 Å². The summed E-state index contributed by atoms with van der Waals surface area (Å²) in [6.45, 7) is 1.86. The van der Waals surface area contributed by atoms with Gasteiger partial charge >= 0.3 is 0 Å². The number of carbonyl (C=O) groups is 1. The molecule has 4 rings (SSSR count). The lowest BCUT2D eigenvalue weighted by Crippen LogP contribution is -2.27. The zero-order chi connectivity index (χ0) is 23.2. The maximum atomic E-state index is 13.5. The molecule has 0 amide bonds. The van der Waals surface area contributed by atoms with Gasteiger partial charge in [0.25, 0.3) is 5.56 Å². The van der Waals surface area contributed by atoms with E-state index in [1.54, 1.807) is 61.6 Å². The molecule has 0 aliphatic carbocycles. The van der Waals surface area contributed by atoms with Gasteiger partial charge in [-0.2, -0.15) is 0 Å². The Morgan fingerprint density at radius 3 is 2.28 bits per heavy atom. The number of halogens is 1. The zero-order valence-corrected chi connectivity index (χ0v) is 19.9. The molecule has 2 aromatic heterocycles. The SMILES string of the molecule is Cc1ccc(S(=O)(=O)c2cc(C(=O)c3ccc(Cl)cc3)n3c(=O)/c(=C/N(C)C)sc23)cc1. The maximum absolute atomic E-state index is 13.5. The summed E-state index contributed by atoms with van der Waals surface area (Å²) in [5.74, 6) is -0.465. The van der Waals surface area contributed by atoms with Crippen molar-refractivity contribution in [3.63, 3.8) is 0 Å². The van der Waals surface area contributed by atoms with Crippen molar-refractivity contribution in [2.24, 2.45) is 0 Å². The van der Waals surface area contributed by atoms with Crippen molar-refractivity contribution in [3.8, 4) is 0 Å². The highest BCUT2D eigenvalue weighted by molar-refractivity contribution is 7.91. The molecule has 0 saturated carbocycles. The second kappa shape index (κ2) is 8.20. The Labute approximate surface area is 193 Å². The quantitative estimate of drug-likeness (QED) is 0.404. The number of nitrogens with zero attached hydrogens (tertiary/aromatic N) is 2. The van der Waals surface area contributed by atoms with E-state index >= 15 is 0 Å². The number of aryl methyl sites for hydroxylation is 1. The van der Waals surface area contributed by atoms with Gasteiger partial charge in [0.05, 0.1) is 10.6 Å². The molecule has 0 spiro atoms. The van der Waals surface area contributed by atoms with Crippen LogP contribution in [-0.4, -0.2) is 37.6 Å². The van der Waals surface area contributed by atoms with Gasteiger partial charge in [-0.3, -0.25) is 14.0 Å². The topological polar surface area (TPSA) is 75.9 Å². The minimum atomic E-state index is -3.97. The third-order valence-electron chi connectivity index (χ3n) is 4.88. The van der Waals surface area contributed by atoms with Crippen molar-refractivity contribution < 1.29 is 13.2 Å². The molecule has 0 atom stereocenters. The van der Waals surface area contributed by atoms with Crippen LogP contribution in [0.1, 0.15) is 21.6 Å². The van der Waals surface area contributed by atoms with E-state index in [0.29, 0.717) is 15.1 Å². The Kier molecular flexibility index (Phi) is 5.70. The van der Waals surface area contributed by atoms with Crippen LogP contribution in [0.2, 0.25) is 5.02 Å². The Morgan fingerprint density at radius 2 is 1.69 bits per heavy atom. The molecule has 164 valence electrons. The molecular formula is C23H19ClN2O4S2. The van der Waals surface area contributed by atoms with Gasteiger partial charge in [-0.05, 0) is 49.4 Å². The van der Waals surface area contributed by atoms with Gasteiger partial charge in [0.1, 0.15) is 14.3 Å². The average molecular weight is 487 g/mol. The number of thiazole rings is 1. The van der Waals surface area contributed by atoms with Crippen LogP contribution in [0, 0.1) is 6.92 Å². The minimum Gasteiger partial charge on any atom is -0.382 e. The molecular weight excluding hydrogens is 468 g/mol. The van der Waals surface area contributed by atoms with E-state index in [1.807, 2.05) is 6.92 Å². The Morgan fingerprint density at radius 1 is 1.06 bits per heavy atom. The highest BCUT2D eigenvalue weighted by Gasteiger charge is 2.29. The van der Waals surface area contributed by atoms with Crippen molar-refractivity contribution in [1.29, 1.82) is 0 Å². The molecule has 0 aliphatic heterocycles. The van der Waals surface area contributed by atoms with Gasteiger partial charge in [0.15, 0.2) is 0 Å². The maximum Gasteiger partial charge on any atom is 0.275 e. The normalized spacial score (nSPS) is 12.4. The Hall–Kier alpha value is -2.94. The van der Waals surface area contributed by atoms with E-state index in [0.717, 1.165) is 16.9 Å². The molecule has 2 aromatic carbocycles. The first kappa shape index (κ1) is 22.3. The molecule has 6 nitrogen and oxygen atoms in total. The van der Waals surface area contributed by atoms with E-state index in [9.17, 15) is 18.0 Å². The predicted molar refractivity (Wildman–Crippen MR) is 126 cm³/mol. The summed E-state index contributed by atoms with van der Waals surface area (Å²) in [6.07, 6.45) is 1.61. The van der Waals surface area contributed by atoms with Gasteiger partial charge < -0.3 is 4.90 Å². The first-order valence-corrected chi connectivity index (χ1v) is 12.3. The van der Waals surface area contributed by atoms with Gasteiger partial charge in [0, 0.05) is 30.9 Å². The molecule has 0 aliphatic rings. The number of carbonyl (C=O) groups excluding carboxylic acids is 1. The van der Waals surface area contributed by atoms with Gasteiger partial charge in [-0.25, -0.2) is 8.42 Å². The number of hydrogen-bond donors (Lipinski definition) is 0. The van der Waals surface area contributed by atoms with Crippen molar-refractivity contribution in [1.82, 2.24) is 9.30 Å². The number of aromatic nitrogens is 1. The summed E-state index contributed by atoms with van der Waals surface area (Å²) in [6, 6.07) is 14.0. The molecule has 0 fully saturated rings. The van der Waals surface area contributed by atoms with Crippen molar-refractivity contribution in [3.05, 3.63) is 91.3 Å². The van der Waals surface area contributed by atoms with E-state index in [1.165, 1.54) is 22.6 Å². The number of rotatable bonds is 5. The number of fused-ring (bicyclic) bond motifs is 1. The van der Waals surface area contributed by atoms with Crippen molar-refractivity contribution >= 4 is 49.6 Å².